The topological polar surface area (TPSA) is 50.1 Å². The molecule has 160 valence electrons. The summed E-state index contributed by atoms with van der Waals surface area (Å²) >= 11 is 0. The minimum atomic E-state index is -0.125. The van der Waals surface area contributed by atoms with Crippen LogP contribution in [0.5, 0.6) is 0 Å². The predicted octanol–water partition coefficient (Wildman–Crippen LogP) is 6.31. The number of aliphatic imine (C=N–C) groups is 1. The molecule has 4 nitrogen and oxygen atoms in total. The Morgan fingerprint density at radius 1 is 0.697 bits per heavy atom. The zero-order valence-electron chi connectivity index (χ0n) is 18.3. The van der Waals surface area contributed by atoms with Crippen molar-refractivity contribution >= 4 is 11.4 Å². The average molecular weight is 430 g/mol. The van der Waals surface area contributed by atoms with E-state index < -0.39 is 0 Å². The van der Waals surface area contributed by atoms with Gasteiger partial charge in [0.2, 0.25) is 0 Å². The summed E-state index contributed by atoms with van der Waals surface area (Å²) in [5.41, 5.74) is 6.59. The monoisotopic (exact) mass is 429 g/mol. The Balaban J connectivity index is 1.65. The highest BCUT2D eigenvalue weighted by Gasteiger charge is 2.20. The van der Waals surface area contributed by atoms with Crippen molar-refractivity contribution in [2.24, 2.45) is 4.99 Å². The van der Waals surface area contributed by atoms with Crippen LogP contribution in [-0.2, 0) is 0 Å². The number of aryl methyl sites for hydroxylation is 1. The fourth-order valence-electron chi connectivity index (χ4n) is 3.93. The molecule has 0 aliphatic rings. The Kier molecular flexibility index (Phi) is 5.56. The van der Waals surface area contributed by atoms with E-state index >= 15 is 0 Å². The van der Waals surface area contributed by atoms with Gasteiger partial charge < -0.3 is 0 Å². The van der Waals surface area contributed by atoms with Crippen molar-refractivity contribution in [3.8, 4) is 16.8 Å². The molecule has 33 heavy (non-hydrogen) atoms. The van der Waals surface area contributed by atoms with E-state index in [4.69, 9.17) is 4.99 Å². The van der Waals surface area contributed by atoms with Crippen molar-refractivity contribution < 1.29 is 0 Å². The third-order valence-corrected chi connectivity index (χ3v) is 5.59. The summed E-state index contributed by atoms with van der Waals surface area (Å²) in [7, 11) is 0. The lowest BCUT2D eigenvalue weighted by Crippen LogP contribution is -2.21. The molecule has 0 amide bonds. The summed E-state index contributed by atoms with van der Waals surface area (Å²) in [5.74, 6) is 0. The summed E-state index contributed by atoms with van der Waals surface area (Å²) in [5, 5.41) is 3.23. The van der Waals surface area contributed by atoms with Crippen LogP contribution in [0.4, 0.5) is 5.69 Å². The van der Waals surface area contributed by atoms with Crippen LogP contribution < -0.4 is 5.56 Å². The Morgan fingerprint density at radius 3 is 1.88 bits per heavy atom. The van der Waals surface area contributed by atoms with Crippen molar-refractivity contribution in [3.63, 3.8) is 0 Å². The van der Waals surface area contributed by atoms with Gasteiger partial charge in [0.05, 0.1) is 22.6 Å². The van der Waals surface area contributed by atoms with Crippen molar-refractivity contribution in [3.05, 3.63) is 142 Å². The second-order valence-electron chi connectivity index (χ2n) is 7.83. The Bertz CT molecular complexity index is 1450. The number of benzene rings is 4. The molecule has 0 unspecified atom stereocenters. The first-order valence-electron chi connectivity index (χ1n) is 10.9. The minimum absolute atomic E-state index is 0.125. The van der Waals surface area contributed by atoms with Gasteiger partial charge >= 0.3 is 0 Å². The molecule has 4 heteroatoms. The molecule has 1 aromatic heterocycles. The van der Waals surface area contributed by atoms with Gasteiger partial charge in [-0.1, -0.05) is 91.0 Å². The largest absolute Gasteiger partial charge is 0.295 e. The number of para-hydroxylation sites is 2. The molecule has 1 heterocycles. The standard InChI is InChI=1S/C29H23N3O/c1-21-27(29(33)32(31-21)26-15-9-4-10-16-26)28(30-25-13-7-3-8-14-25)24-19-17-23(18-20-24)22-11-5-2-6-12-22/h2-20,31H,1H3. The molecule has 0 atom stereocenters. The van der Waals surface area contributed by atoms with E-state index in [2.05, 4.69) is 29.4 Å². The first kappa shape index (κ1) is 20.5. The average Bonchev–Trinajstić information content (AvgIpc) is 3.18. The van der Waals surface area contributed by atoms with Gasteiger partial charge in [0.25, 0.3) is 5.56 Å². The van der Waals surface area contributed by atoms with Crippen LogP contribution in [0.3, 0.4) is 0 Å². The highest BCUT2D eigenvalue weighted by atomic mass is 16.1. The fraction of sp³-hybridized carbons (Fsp3) is 0.0345. The van der Waals surface area contributed by atoms with Crippen LogP contribution >= 0.6 is 0 Å². The van der Waals surface area contributed by atoms with Gasteiger partial charge in [0.15, 0.2) is 0 Å². The molecule has 1 N–H and O–H groups in total. The maximum Gasteiger partial charge on any atom is 0.280 e. The number of rotatable bonds is 5. The van der Waals surface area contributed by atoms with E-state index in [0.29, 0.717) is 11.3 Å². The van der Waals surface area contributed by atoms with E-state index in [0.717, 1.165) is 33.8 Å². The van der Waals surface area contributed by atoms with Crippen LogP contribution in [0.2, 0.25) is 0 Å². The molecule has 0 aliphatic heterocycles. The van der Waals surface area contributed by atoms with Gasteiger partial charge in [-0.05, 0) is 42.3 Å². The third-order valence-electron chi connectivity index (χ3n) is 5.59. The zero-order valence-corrected chi connectivity index (χ0v) is 18.3. The first-order chi connectivity index (χ1) is 16.2. The first-order valence-corrected chi connectivity index (χ1v) is 10.9. The van der Waals surface area contributed by atoms with E-state index in [1.807, 2.05) is 97.9 Å². The van der Waals surface area contributed by atoms with Gasteiger partial charge in [-0.25, -0.2) is 9.67 Å². The summed E-state index contributed by atoms with van der Waals surface area (Å²) in [6.07, 6.45) is 0. The summed E-state index contributed by atoms with van der Waals surface area (Å²) in [4.78, 5) is 18.4. The molecule has 0 fully saturated rings. The van der Waals surface area contributed by atoms with Crippen molar-refractivity contribution in [1.82, 2.24) is 9.78 Å². The van der Waals surface area contributed by atoms with Crippen molar-refractivity contribution in [2.75, 3.05) is 0 Å². The molecule has 0 saturated heterocycles. The molecule has 0 radical (unpaired) electrons. The van der Waals surface area contributed by atoms with E-state index in [-0.39, 0.29) is 5.56 Å². The van der Waals surface area contributed by atoms with E-state index in [1.54, 1.807) is 4.68 Å². The summed E-state index contributed by atoms with van der Waals surface area (Å²) < 4.78 is 1.57. The predicted molar refractivity (Wildman–Crippen MR) is 135 cm³/mol. The number of aromatic amines is 1. The normalized spacial score (nSPS) is 11.5. The van der Waals surface area contributed by atoms with Gasteiger partial charge in [-0.15, -0.1) is 0 Å². The Labute approximate surface area is 192 Å². The highest BCUT2D eigenvalue weighted by molar-refractivity contribution is 6.14. The third kappa shape index (κ3) is 4.19. The summed E-state index contributed by atoms with van der Waals surface area (Å²) in [6.45, 7) is 1.91. The number of nitrogens with one attached hydrogen (secondary N) is 1. The number of hydrogen-bond donors (Lipinski definition) is 1. The van der Waals surface area contributed by atoms with Crippen molar-refractivity contribution in [1.29, 1.82) is 0 Å². The Morgan fingerprint density at radius 2 is 1.24 bits per heavy atom. The van der Waals surface area contributed by atoms with Crippen LogP contribution in [0.1, 0.15) is 16.8 Å². The molecule has 4 aromatic carbocycles. The van der Waals surface area contributed by atoms with Crippen LogP contribution in [0.25, 0.3) is 16.8 Å². The SMILES string of the molecule is Cc1[nH]n(-c2ccccc2)c(=O)c1C(=Nc1ccccc1)c1ccc(-c2ccccc2)cc1. The van der Waals surface area contributed by atoms with E-state index in [1.165, 1.54) is 0 Å². The van der Waals surface area contributed by atoms with Gasteiger partial charge in [-0.2, -0.15) is 0 Å². The maximum absolute atomic E-state index is 13.5. The molecule has 5 aromatic rings. The lowest BCUT2D eigenvalue weighted by Gasteiger charge is -2.08. The molecular weight excluding hydrogens is 406 g/mol. The number of aromatic nitrogens is 2. The van der Waals surface area contributed by atoms with Gasteiger partial charge in [0.1, 0.15) is 0 Å². The fourth-order valence-corrected chi connectivity index (χ4v) is 3.93. The summed E-state index contributed by atoms with van der Waals surface area (Å²) in [6, 6.07) is 37.7. The number of hydrogen-bond acceptors (Lipinski definition) is 2. The van der Waals surface area contributed by atoms with Gasteiger partial charge in [-0.3, -0.25) is 9.89 Å². The van der Waals surface area contributed by atoms with Gasteiger partial charge in [0, 0.05) is 11.3 Å². The zero-order chi connectivity index (χ0) is 22.6. The second kappa shape index (κ2) is 8.97. The molecule has 0 saturated carbocycles. The van der Waals surface area contributed by atoms with Crippen LogP contribution in [0.15, 0.2) is 125 Å². The lowest BCUT2D eigenvalue weighted by molar-refractivity contribution is 0.835. The number of H-pyrrole nitrogens is 1. The number of nitrogens with zero attached hydrogens (tertiary/aromatic N) is 2. The van der Waals surface area contributed by atoms with Crippen LogP contribution in [0, 0.1) is 6.92 Å². The van der Waals surface area contributed by atoms with E-state index in [9.17, 15) is 4.79 Å². The smallest absolute Gasteiger partial charge is 0.280 e. The maximum atomic E-state index is 13.5. The molecule has 0 aliphatic carbocycles. The minimum Gasteiger partial charge on any atom is -0.295 e. The Hall–Kier alpha value is -4.44. The van der Waals surface area contributed by atoms with Crippen molar-refractivity contribution in [2.45, 2.75) is 6.92 Å². The highest BCUT2D eigenvalue weighted by Crippen LogP contribution is 2.23. The lowest BCUT2D eigenvalue weighted by atomic mass is 9.98. The quantitative estimate of drug-likeness (QED) is 0.327. The van der Waals surface area contributed by atoms with Crippen LogP contribution in [-0.4, -0.2) is 15.5 Å². The molecule has 5 rings (SSSR count). The molecule has 0 spiro atoms. The molecule has 0 bridgehead atoms. The molecular formula is C29H23N3O. The second-order valence-corrected chi connectivity index (χ2v) is 7.83.